The second kappa shape index (κ2) is 4.99. The highest BCUT2D eigenvalue weighted by Gasteiger charge is 2.14. The first-order valence-electron chi connectivity index (χ1n) is 5.75. The molecular weight excluding hydrogens is 218 g/mol. The molecule has 0 radical (unpaired) electrons. The minimum Gasteiger partial charge on any atom is -0.367 e. The summed E-state index contributed by atoms with van der Waals surface area (Å²) in [6.07, 6.45) is 6.84. The Labute approximate surface area is 99.9 Å². The van der Waals surface area contributed by atoms with Gasteiger partial charge in [-0.1, -0.05) is 11.6 Å². The molecule has 1 aliphatic carbocycles. The second-order valence-electron chi connectivity index (χ2n) is 4.38. The van der Waals surface area contributed by atoms with Gasteiger partial charge in [0.25, 0.3) is 0 Å². The number of anilines is 1. The van der Waals surface area contributed by atoms with Crippen LogP contribution in [0.5, 0.6) is 0 Å². The van der Waals surface area contributed by atoms with E-state index in [1.165, 1.54) is 16.6 Å². The number of nitrogens with one attached hydrogen (secondary N) is 1. The van der Waals surface area contributed by atoms with Gasteiger partial charge in [0.2, 0.25) is 11.9 Å². The van der Waals surface area contributed by atoms with E-state index >= 15 is 0 Å². The predicted molar refractivity (Wildman–Crippen MR) is 64.0 cm³/mol. The number of nitrogen functional groups attached to an aromatic ring is 1. The van der Waals surface area contributed by atoms with Crippen LogP contribution >= 0.6 is 0 Å². The topological polar surface area (TPSA) is 85.8 Å². The largest absolute Gasteiger partial charge is 0.367 e. The van der Waals surface area contributed by atoms with Crippen molar-refractivity contribution >= 4 is 11.9 Å². The van der Waals surface area contributed by atoms with Crippen molar-refractivity contribution in [3.63, 3.8) is 0 Å². The van der Waals surface area contributed by atoms with E-state index in [1.54, 1.807) is 0 Å². The lowest BCUT2D eigenvalue weighted by atomic mass is 9.97. The first-order chi connectivity index (χ1) is 8.13. The quantitative estimate of drug-likeness (QED) is 0.746. The maximum Gasteiger partial charge on any atom is 0.242 e. The number of allylic oxidation sites excluding steroid dienone is 1. The van der Waals surface area contributed by atoms with Crippen LogP contribution in [0.15, 0.2) is 18.0 Å². The maximum absolute atomic E-state index is 11.7. The van der Waals surface area contributed by atoms with Gasteiger partial charge >= 0.3 is 0 Å². The fraction of sp³-hybridized carbons (Fsp3) is 0.545. The Bertz CT molecular complexity index is 437. The van der Waals surface area contributed by atoms with Gasteiger partial charge in [-0.15, -0.1) is 5.10 Å². The normalized spacial score (nSPS) is 19.8. The molecule has 1 unspecified atom stereocenters. The molecule has 0 aliphatic heterocycles. The molecule has 0 fully saturated rings. The molecule has 0 spiro atoms. The molecule has 92 valence electrons. The molecule has 0 bridgehead atoms. The Balaban J connectivity index is 1.87. The molecule has 3 N–H and O–H groups in total. The first-order valence-corrected chi connectivity index (χ1v) is 5.75. The highest BCUT2D eigenvalue weighted by Crippen LogP contribution is 2.16. The third-order valence-corrected chi connectivity index (χ3v) is 2.78. The summed E-state index contributed by atoms with van der Waals surface area (Å²) < 4.78 is 1.43. The van der Waals surface area contributed by atoms with Crippen molar-refractivity contribution in [1.82, 2.24) is 20.1 Å². The molecule has 0 saturated carbocycles. The summed E-state index contributed by atoms with van der Waals surface area (Å²) in [6, 6.07) is 0.150. The lowest BCUT2D eigenvalue weighted by molar-refractivity contribution is -0.122. The highest BCUT2D eigenvalue weighted by atomic mass is 16.2. The number of rotatable bonds is 3. The van der Waals surface area contributed by atoms with E-state index in [4.69, 9.17) is 5.73 Å². The number of amides is 1. The summed E-state index contributed by atoms with van der Waals surface area (Å²) >= 11 is 0. The van der Waals surface area contributed by atoms with Crippen LogP contribution in [0.2, 0.25) is 0 Å². The van der Waals surface area contributed by atoms with Gasteiger partial charge in [0.05, 0.1) is 0 Å². The number of nitrogens with zero attached hydrogens (tertiary/aromatic N) is 3. The molecular formula is C11H17N5O. The average molecular weight is 235 g/mol. The molecule has 1 aliphatic rings. The van der Waals surface area contributed by atoms with Gasteiger partial charge in [0.15, 0.2) is 0 Å². The van der Waals surface area contributed by atoms with E-state index in [0.717, 1.165) is 19.3 Å². The monoisotopic (exact) mass is 235 g/mol. The molecule has 0 aromatic carbocycles. The SMILES string of the molecule is CC1=CC(NC(=O)Cn2cnc(N)n2)CCC1. The van der Waals surface area contributed by atoms with E-state index in [2.05, 4.69) is 28.4 Å². The van der Waals surface area contributed by atoms with Crippen LogP contribution in [-0.4, -0.2) is 26.7 Å². The van der Waals surface area contributed by atoms with Crippen LogP contribution < -0.4 is 11.1 Å². The van der Waals surface area contributed by atoms with Crippen LogP contribution in [0, 0.1) is 0 Å². The fourth-order valence-electron chi connectivity index (χ4n) is 2.01. The lowest BCUT2D eigenvalue weighted by Gasteiger charge is -2.20. The zero-order chi connectivity index (χ0) is 12.3. The summed E-state index contributed by atoms with van der Waals surface area (Å²) in [5, 5.41) is 6.83. The summed E-state index contributed by atoms with van der Waals surface area (Å²) in [7, 11) is 0. The van der Waals surface area contributed by atoms with Crippen molar-refractivity contribution in [2.45, 2.75) is 38.8 Å². The van der Waals surface area contributed by atoms with Gasteiger partial charge in [-0.3, -0.25) is 4.79 Å². The Morgan fingerprint density at radius 3 is 3.18 bits per heavy atom. The Morgan fingerprint density at radius 1 is 1.71 bits per heavy atom. The Kier molecular flexibility index (Phi) is 3.41. The summed E-state index contributed by atoms with van der Waals surface area (Å²) in [5.74, 6) is 0.122. The minimum absolute atomic E-state index is 0.0640. The van der Waals surface area contributed by atoms with E-state index in [0.29, 0.717) is 0 Å². The number of aromatic nitrogens is 3. The number of carbonyl (C=O) groups excluding carboxylic acids is 1. The van der Waals surface area contributed by atoms with Crippen molar-refractivity contribution in [3.05, 3.63) is 18.0 Å². The number of nitrogens with two attached hydrogens (primary N) is 1. The Hall–Kier alpha value is -1.85. The molecule has 0 saturated heterocycles. The molecule has 6 heteroatoms. The molecule has 1 amide bonds. The summed E-state index contributed by atoms with van der Waals surface area (Å²) in [6.45, 7) is 2.25. The average Bonchev–Trinajstić information content (AvgIpc) is 2.63. The van der Waals surface area contributed by atoms with Crippen LogP contribution in [0.4, 0.5) is 5.95 Å². The van der Waals surface area contributed by atoms with Crippen LogP contribution in [-0.2, 0) is 11.3 Å². The van der Waals surface area contributed by atoms with Gasteiger partial charge in [0, 0.05) is 6.04 Å². The fourth-order valence-corrected chi connectivity index (χ4v) is 2.01. The van der Waals surface area contributed by atoms with Crippen molar-refractivity contribution in [1.29, 1.82) is 0 Å². The number of carbonyl (C=O) groups is 1. The lowest BCUT2D eigenvalue weighted by Crippen LogP contribution is -2.37. The van der Waals surface area contributed by atoms with Crippen LogP contribution in [0.25, 0.3) is 0 Å². The molecule has 1 heterocycles. The Morgan fingerprint density at radius 2 is 2.53 bits per heavy atom. The molecule has 1 atom stereocenters. The van der Waals surface area contributed by atoms with Crippen molar-refractivity contribution in [2.75, 3.05) is 5.73 Å². The van der Waals surface area contributed by atoms with E-state index in [1.807, 2.05) is 0 Å². The highest BCUT2D eigenvalue weighted by molar-refractivity contribution is 5.76. The van der Waals surface area contributed by atoms with Gasteiger partial charge < -0.3 is 11.1 Å². The molecule has 17 heavy (non-hydrogen) atoms. The molecule has 2 rings (SSSR count). The third kappa shape index (κ3) is 3.30. The second-order valence-corrected chi connectivity index (χ2v) is 4.38. The standard InChI is InChI=1S/C11H17N5O/c1-8-3-2-4-9(5-8)14-10(17)6-16-7-13-11(12)15-16/h5,7,9H,2-4,6H2,1H3,(H2,12,15)(H,14,17). The van der Waals surface area contributed by atoms with Crippen molar-refractivity contribution < 1.29 is 4.79 Å². The van der Waals surface area contributed by atoms with Crippen LogP contribution in [0.3, 0.4) is 0 Å². The first kappa shape index (κ1) is 11.6. The van der Waals surface area contributed by atoms with Gasteiger partial charge in [-0.05, 0) is 26.2 Å². The van der Waals surface area contributed by atoms with Gasteiger partial charge in [-0.2, -0.15) is 0 Å². The zero-order valence-electron chi connectivity index (χ0n) is 9.89. The predicted octanol–water partition coefficient (Wildman–Crippen LogP) is 0.475. The van der Waals surface area contributed by atoms with Gasteiger partial charge in [0.1, 0.15) is 12.9 Å². The molecule has 6 nitrogen and oxygen atoms in total. The number of hydrogen-bond acceptors (Lipinski definition) is 4. The molecule has 1 aromatic rings. The minimum atomic E-state index is -0.0640. The van der Waals surface area contributed by atoms with Gasteiger partial charge in [-0.25, -0.2) is 9.67 Å². The summed E-state index contributed by atoms with van der Waals surface area (Å²) in [5.41, 5.74) is 6.71. The third-order valence-electron chi connectivity index (χ3n) is 2.78. The smallest absolute Gasteiger partial charge is 0.242 e. The molecule has 1 aromatic heterocycles. The number of hydrogen-bond donors (Lipinski definition) is 2. The van der Waals surface area contributed by atoms with Crippen molar-refractivity contribution in [2.24, 2.45) is 0 Å². The zero-order valence-corrected chi connectivity index (χ0v) is 9.89. The van der Waals surface area contributed by atoms with Crippen molar-refractivity contribution in [3.8, 4) is 0 Å². The maximum atomic E-state index is 11.7. The van der Waals surface area contributed by atoms with E-state index < -0.39 is 0 Å². The van der Waals surface area contributed by atoms with E-state index in [9.17, 15) is 4.79 Å². The van der Waals surface area contributed by atoms with E-state index in [-0.39, 0.29) is 24.4 Å². The van der Waals surface area contributed by atoms with Crippen LogP contribution in [0.1, 0.15) is 26.2 Å². The summed E-state index contributed by atoms with van der Waals surface area (Å²) in [4.78, 5) is 15.5.